The van der Waals surface area contributed by atoms with Gasteiger partial charge in [0.1, 0.15) is 0 Å². The predicted octanol–water partition coefficient (Wildman–Crippen LogP) is 3.43. The number of fused-ring (bicyclic) bond motifs is 1. The summed E-state index contributed by atoms with van der Waals surface area (Å²) in [5.74, 6) is 0. The Morgan fingerprint density at radius 2 is 1.86 bits per heavy atom. The summed E-state index contributed by atoms with van der Waals surface area (Å²) in [6.45, 7) is 4.27. The molecule has 1 heterocycles. The lowest BCUT2D eigenvalue weighted by Crippen LogP contribution is -2.14. The Hall–Kier alpha value is -2.13. The Morgan fingerprint density at radius 3 is 2.62 bits per heavy atom. The summed E-state index contributed by atoms with van der Waals surface area (Å²) in [5, 5.41) is 5.77. The van der Waals surface area contributed by atoms with Crippen molar-refractivity contribution < 1.29 is 0 Å². The Kier molecular flexibility index (Phi) is 3.52. The van der Waals surface area contributed by atoms with E-state index in [9.17, 15) is 0 Å². The van der Waals surface area contributed by atoms with Gasteiger partial charge in [-0.15, -0.1) is 0 Å². The van der Waals surface area contributed by atoms with E-state index in [-0.39, 0.29) is 6.04 Å². The molecule has 3 aromatic rings. The topological polar surface area (TPSA) is 43.8 Å². The van der Waals surface area contributed by atoms with Gasteiger partial charge in [-0.25, -0.2) is 0 Å². The molecule has 0 amide bonds. The van der Waals surface area contributed by atoms with Crippen molar-refractivity contribution in [3.05, 3.63) is 64.8 Å². The SMILES string of the molecule is Cc1ccc(CC(N)c2nn(C)c3ccccc23)cc1C. The minimum Gasteiger partial charge on any atom is -0.322 e. The van der Waals surface area contributed by atoms with Gasteiger partial charge in [0.25, 0.3) is 0 Å². The van der Waals surface area contributed by atoms with Gasteiger partial charge >= 0.3 is 0 Å². The molecule has 0 bridgehead atoms. The fourth-order valence-electron chi connectivity index (χ4n) is 2.80. The molecule has 0 aliphatic rings. The molecule has 108 valence electrons. The number of aryl methyl sites for hydroxylation is 3. The molecule has 21 heavy (non-hydrogen) atoms. The summed E-state index contributed by atoms with van der Waals surface area (Å²) < 4.78 is 1.91. The highest BCUT2D eigenvalue weighted by Gasteiger charge is 2.15. The Bertz CT molecular complexity index is 786. The maximum absolute atomic E-state index is 6.42. The van der Waals surface area contributed by atoms with Crippen molar-refractivity contribution in [2.75, 3.05) is 0 Å². The van der Waals surface area contributed by atoms with Crippen molar-refractivity contribution in [3.8, 4) is 0 Å². The fraction of sp³-hybridized carbons (Fsp3) is 0.278. The van der Waals surface area contributed by atoms with Gasteiger partial charge in [0, 0.05) is 12.4 Å². The summed E-state index contributed by atoms with van der Waals surface area (Å²) in [6, 6.07) is 14.7. The van der Waals surface area contributed by atoms with Crippen LogP contribution in [0, 0.1) is 13.8 Å². The lowest BCUT2D eigenvalue weighted by Gasteiger charge is -2.11. The van der Waals surface area contributed by atoms with E-state index in [0.29, 0.717) is 0 Å². The van der Waals surface area contributed by atoms with Gasteiger partial charge in [0.15, 0.2) is 0 Å². The van der Waals surface area contributed by atoms with E-state index in [0.717, 1.165) is 23.0 Å². The normalized spacial score (nSPS) is 12.8. The van der Waals surface area contributed by atoms with Crippen LogP contribution in [0.1, 0.15) is 28.4 Å². The molecule has 1 aromatic heterocycles. The van der Waals surface area contributed by atoms with Crippen molar-refractivity contribution in [2.45, 2.75) is 26.3 Å². The standard InChI is InChI=1S/C18H21N3/c1-12-8-9-14(10-13(12)2)11-16(19)18-15-6-4-5-7-17(15)21(3)20-18/h4-10,16H,11,19H2,1-3H3. The number of aromatic nitrogens is 2. The van der Waals surface area contributed by atoms with Crippen LogP contribution >= 0.6 is 0 Å². The van der Waals surface area contributed by atoms with Crippen LogP contribution in [-0.4, -0.2) is 9.78 Å². The second-order valence-corrected chi connectivity index (χ2v) is 5.76. The number of hydrogen-bond acceptors (Lipinski definition) is 2. The van der Waals surface area contributed by atoms with Crippen molar-refractivity contribution in [1.82, 2.24) is 9.78 Å². The van der Waals surface area contributed by atoms with E-state index in [4.69, 9.17) is 5.73 Å². The van der Waals surface area contributed by atoms with Crippen LogP contribution < -0.4 is 5.73 Å². The maximum atomic E-state index is 6.42. The van der Waals surface area contributed by atoms with Crippen molar-refractivity contribution >= 4 is 10.9 Å². The second-order valence-electron chi connectivity index (χ2n) is 5.76. The number of nitrogens with zero attached hydrogens (tertiary/aromatic N) is 2. The van der Waals surface area contributed by atoms with Gasteiger partial charge in [0.2, 0.25) is 0 Å². The lowest BCUT2D eigenvalue weighted by atomic mass is 9.98. The summed E-state index contributed by atoms with van der Waals surface area (Å²) in [7, 11) is 1.97. The number of benzene rings is 2. The molecule has 1 unspecified atom stereocenters. The van der Waals surface area contributed by atoms with Gasteiger partial charge in [-0.2, -0.15) is 5.10 Å². The third-order valence-corrected chi connectivity index (χ3v) is 4.16. The van der Waals surface area contributed by atoms with Crippen LogP contribution in [0.2, 0.25) is 0 Å². The second kappa shape index (κ2) is 5.34. The van der Waals surface area contributed by atoms with Crippen LogP contribution in [0.3, 0.4) is 0 Å². The molecule has 2 aromatic carbocycles. The number of nitrogens with two attached hydrogens (primary N) is 1. The van der Waals surface area contributed by atoms with Gasteiger partial charge in [0.05, 0.1) is 17.3 Å². The van der Waals surface area contributed by atoms with E-state index in [2.05, 4.69) is 49.3 Å². The van der Waals surface area contributed by atoms with Crippen molar-refractivity contribution in [1.29, 1.82) is 0 Å². The number of para-hydroxylation sites is 1. The minimum absolute atomic E-state index is 0.0850. The Balaban J connectivity index is 1.93. The summed E-state index contributed by atoms with van der Waals surface area (Å²) in [6.07, 6.45) is 0.808. The van der Waals surface area contributed by atoms with Crippen molar-refractivity contribution in [2.24, 2.45) is 12.8 Å². The van der Waals surface area contributed by atoms with Crippen LogP contribution in [0.25, 0.3) is 10.9 Å². The average molecular weight is 279 g/mol. The van der Waals surface area contributed by atoms with Crippen LogP contribution in [-0.2, 0) is 13.5 Å². The zero-order chi connectivity index (χ0) is 15.0. The molecule has 0 spiro atoms. The zero-order valence-corrected chi connectivity index (χ0v) is 12.8. The highest BCUT2D eigenvalue weighted by molar-refractivity contribution is 5.82. The van der Waals surface area contributed by atoms with Gasteiger partial charge < -0.3 is 5.73 Å². The lowest BCUT2D eigenvalue weighted by molar-refractivity contribution is 0.665. The van der Waals surface area contributed by atoms with Crippen LogP contribution in [0.4, 0.5) is 0 Å². The first kappa shape index (κ1) is 13.8. The quantitative estimate of drug-likeness (QED) is 0.798. The van der Waals surface area contributed by atoms with Gasteiger partial charge in [-0.05, 0) is 43.0 Å². The van der Waals surface area contributed by atoms with E-state index < -0.39 is 0 Å². The summed E-state index contributed by atoms with van der Waals surface area (Å²) in [4.78, 5) is 0. The minimum atomic E-state index is -0.0850. The number of hydrogen-bond donors (Lipinski definition) is 1. The first-order valence-electron chi connectivity index (χ1n) is 7.29. The maximum Gasteiger partial charge on any atom is 0.0873 e. The summed E-state index contributed by atoms with van der Waals surface area (Å²) >= 11 is 0. The smallest absolute Gasteiger partial charge is 0.0873 e. The van der Waals surface area contributed by atoms with E-state index in [1.54, 1.807) is 0 Å². The average Bonchev–Trinajstić information content (AvgIpc) is 2.81. The van der Waals surface area contributed by atoms with Gasteiger partial charge in [-0.3, -0.25) is 4.68 Å². The van der Waals surface area contributed by atoms with Crippen molar-refractivity contribution in [3.63, 3.8) is 0 Å². The molecule has 0 aliphatic carbocycles. The largest absolute Gasteiger partial charge is 0.322 e. The molecule has 0 saturated carbocycles. The first-order valence-corrected chi connectivity index (χ1v) is 7.29. The first-order chi connectivity index (χ1) is 10.1. The molecule has 3 nitrogen and oxygen atoms in total. The molecule has 0 fully saturated rings. The Labute approximate surface area is 125 Å². The molecule has 0 saturated heterocycles. The highest BCUT2D eigenvalue weighted by atomic mass is 15.3. The zero-order valence-electron chi connectivity index (χ0n) is 12.8. The third-order valence-electron chi connectivity index (χ3n) is 4.16. The van der Waals surface area contributed by atoms with Crippen LogP contribution in [0.5, 0.6) is 0 Å². The molecular formula is C18H21N3. The van der Waals surface area contributed by atoms with E-state index in [1.807, 2.05) is 23.9 Å². The predicted molar refractivity (Wildman–Crippen MR) is 87.3 cm³/mol. The fourth-order valence-corrected chi connectivity index (χ4v) is 2.80. The molecule has 1 atom stereocenters. The molecule has 0 aliphatic heterocycles. The molecular weight excluding hydrogens is 258 g/mol. The van der Waals surface area contributed by atoms with Gasteiger partial charge in [-0.1, -0.05) is 36.4 Å². The Morgan fingerprint density at radius 1 is 1.10 bits per heavy atom. The summed E-state index contributed by atoms with van der Waals surface area (Å²) in [5.41, 5.74) is 12.4. The van der Waals surface area contributed by atoms with E-state index >= 15 is 0 Å². The molecule has 3 heteroatoms. The van der Waals surface area contributed by atoms with E-state index in [1.165, 1.54) is 16.7 Å². The molecule has 0 radical (unpaired) electrons. The highest BCUT2D eigenvalue weighted by Crippen LogP contribution is 2.24. The monoisotopic (exact) mass is 279 g/mol. The third kappa shape index (κ3) is 2.57. The van der Waals surface area contributed by atoms with Crippen LogP contribution in [0.15, 0.2) is 42.5 Å². The molecule has 3 rings (SSSR count). The molecule has 2 N–H and O–H groups in total. The number of rotatable bonds is 3.